The van der Waals surface area contributed by atoms with Gasteiger partial charge in [0.25, 0.3) is 17.7 Å². The Labute approximate surface area is 154 Å². The molecule has 0 N–H and O–H groups in total. The monoisotopic (exact) mass is 370 g/mol. The predicted molar refractivity (Wildman–Crippen MR) is 95.7 cm³/mol. The van der Waals surface area contributed by atoms with E-state index in [1.807, 2.05) is 0 Å². The molecule has 2 aromatic rings. The zero-order valence-corrected chi connectivity index (χ0v) is 14.7. The van der Waals surface area contributed by atoms with Crippen LogP contribution in [0.4, 0.5) is 5.69 Å². The van der Waals surface area contributed by atoms with Crippen molar-refractivity contribution in [2.24, 2.45) is 0 Å². The minimum atomic E-state index is -0.647. The third kappa shape index (κ3) is 2.54. The van der Waals surface area contributed by atoms with E-state index in [1.165, 1.54) is 9.80 Å². The highest BCUT2D eigenvalue weighted by Gasteiger charge is 2.37. The number of nitrogens with zero attached hydrogens (tertiary/aromatic N) is 2. The van der Waals surface area contributed by atoms with Gasteiger partial charge in [0.2, 0.25) is 0 Å². The summed E-state index contributed by atoms with van der Waals surface area (Å²) in [6.07, 6.45) is -0.647. The fourth-order valence-corrected chi connectivity index (χ4v) is 3.42. The largest absolute Gasteiger partial charge is 0.479 e. The van der Waals surface area contributed by atoms with Gasteiger partial charge in [-0.05, 0) is 37.3 Å². The number of ether oxygens (including phenoxy) is 1. The van der Waals surface area contributed by atoms with E-state index in [0.717, 1.165) is 0 Å². The second-order valence-corrected chi connectivity index (χ2v) is 6.61. The van der Waals surface area contributed by atoms with Gasteiger partial charge in [-0.25, -0.2) is 0 Å². The molecule has 6 nitrogen and oxygen atoms in total. The molecule has 132 valence electrons. The lowest BCUT2D eigenvalue weighted by Crippen LogP contribution is -2.48. The van der Waals surface area contributed by atoms with Crippen LogP contribution >= 0.6 is 11.6 Å². The molecule has 3 amide bonds. The summed E-state index contributed by atoms with van der Waals surface area (Å²) in [5.74, 6) is -0.378. The summed E-state index contributed by atoms with van der Waals surface area (Å²) < 4.78 is 5.60. The molecule has 1 unspecified atom stereocenters. The van der Waals surface area contributed by atoms with Crippen LogP contribution in [0, 0.1) is 0 Å². The van der Waals surface area contributed by atoms with Gasteiger partial charge in [0.1, 0.15) is 5.75 Å². The first-order valence-electron chi connectivity index (χ1n) is 8.20. The summed E-state index contributed by atoms with van der Waals surface area (Å²) in [7, 11) is 0. The number of benzene rings is 2. The zero-order chi connectivity index (χ0) is 18.4. The van der Waals surface area contributed by atoms with Crippen molar-refractivity contribution in [2.75, 3.05) is 18.0 Å². The molecule has 1 atom stereocenters. The Morgan fingerprint density at radius 3 is 2.23 bits per heavy atom. The first-order chi connectivity index (χ1) is 12.5. The smallest absolute Gasteiger partial charge is 0.267 e. The Morgan fingerprint density at radius 2 is 1.58 bits per heavy atom. The molecule has 0 saturated heterocycles. The normalized spacial score (nSPS) is 18.7. The van der Waals surface area contributed by atoms with Crippen molar-refractivity contribution in [1.82, 2.24) is 4.90 Å². The molecular formula is C19H15ClN2O4. The van der Waals surface area contributed by atoms with Crippen LogP contribution in [0.5, 0.6) is 5.75 Å². The Balaban J connectivity index is 1.59. The molecule has 0 radical (unpaired) electrons. The maximum Gasteiger partial charge on any atom is 0.267 e. The van der Waals surface area contributed by atoms with E-state index in [4.69, 9.17) is 16.3 Å². The highest BCUT2D eigenvalue weighted by molar-refractivity contribution is 6.31. The van der Waals surface area contributed by atoms with Gasteiger partial charge in [-0.3, -0.25) is 19.3 Å². The van der Waals surface area contributed by atoms with Crippen LogP contribution in [0.15, 0.2) is 42.5 Å². The van der Waals surface area contributed by atoms with Gasteiger partial charge < -0.3 is 9.64 Å². The van der Waals surface area contributed by atoms with E-state index in [1.54, 1.807) is 49.4 Å². The highest BCUT2D eigenvalue weighted by Crippen LogP contribution is 2.36. The molecule has 7 heteroatoms. The number of anilines is 1. The lowest BCUT2D eigenvalue weighted by Gasteiger charge is -2.33. The summed E-state index contributed by atoms with van der Waals surface area (Å²) in [5, 5.41) is 0.473. The molecule has 2 aliphatic rings. The van der Waals surface area contributed by atoms with Crippen molar-refractivity contribution >= 4 is 35.0 Å². The summed E-state index contributed by atoms with van der Waals surface area (Å²) in [5.41, 5.74) is 1.32. The number of carbonyl (C=O) groups is 3. The van der Waals surface area contributed by atoms with Crippen LogP contribution in [0.25, 0.3) is 0 Å². The number of hydrogen-bond donors (Lipinski definition) is 0. The van der Waals surface area contributed by atoms with E-state index in [2.05, 4.69) is 0 Å². The van der Waals surface area contributed by atoms with Gasteiger partial charge in [0.15, 0.2) is 6.10 Å². The standard InChI is InChI=1S/C19H15ClN2O4/c1-11-17(23)21(15-10-12(20)6-7-16(15)26-11)8-9-22-18(24)13-4-2-3-5-14(13)19(22)25/h2-7,10-11H,8-9H2,1H3. The van der Waals surface area contributed by atoms with E-state index in [-0.39, 0.29) is 30.8 Å². The molecular weight excluding hydrogens is 356 g/mol. The van der Waals surface area contributed by atoms with Crippen molar-refractivity contribution in [3.05, 3.63) is 58.6 Å². The quantitative estimate of drug-likeness (QED) is 0.779. The summed E-state index contributed by atoms with van der Waals surface area (Å²) in [6, 6.07) is 11.7. The van der Waals surface area contributed by atoms with Gasteiger partial charge in [-0.15, -0.1) is 0 Å². The molecule has 0 aliphatic carbocycles. The van der Waals surface area contributed by atoms with Crippen molar-refractivity contribution in [1.29, 1.82) is 0 Å². The number of fused-ring (bicyclic) bond motifs is 2. The van der Waals surface area contributed by atoms with Crippen molar-refractivity contribution in [3.8, 4) is 5.75 Å². The molecule has 0 fully saturated rings. The second kappa shape index (κ2) is 6.14. The summed E-state index contributed by atoms with van der Waals surface area (Å²) in [4.78, 5) is 40.2. The summed E-state index contributed by atoms with van der Waals surface area (Å²) in [6.45, 7) is 1.93. The third-order valence-electron chi connectivity index (χ3n) is 4.55. The summed E-state index contributed by atoms with van der Waals surface area (Å²) >= 11 is 6.05. The molecule has 0 aromatic heterocycles. The van der Waals surface area contributed by atoms with E-state index in [0.29, 0.717) is 27.6 Å². The number of imide groups is 1. The van der Waals surface area contributed by atoms with Gasteiger partial charge in [0.05, 0.1) is 16.8 Å². The number of hydrogen-bond acceptors (Lipinski definition) is 4. The van der Waals surface area contributed by atoms with Crippen LogP contribution < -0.4 is 9.64 Å². The molecule has 0 bridgehead atoms. The van der Waals surface area contributed by atoms with Crippen molar-refractivity contribution in [3.63, 3.8) is 0 Å². The van der Waals surface area contributed by atoms with Gasteiger partial charge >= 0.3 is 0 Å². The minimum absolute atomic E-state index is 0.0940. The average Bonchev–Trinajstić information content (AvgIpc) is 2.88. The van der Waals surface area contributed by atoms with Crippen LogP contribution in [0.3, 0.4) is 0 Å². The van der Waals surface area contributed by atoms with Crippen molar-refractivity contribution < 1.29 is 19.1 Å². The number of carbonyl (C=O) groups excluding carboxylic acids is 3. The second-order valence-electron chi connectivity index (χ2n) is 6.17. The lowest BCUT2D eigenvalue weighted by molar-refractivity contribution is -0.125. The number of rotatable bonds is 3. The Kier molecular flexibility index (Phi) is 3.92. The number of halogens is 1. The minimum Gasteiger partial charge on any atom is -0.479 e. The topological polar surface area (TPSA) is 66.9 Å². The Bertz CT molecular complexity index is 908. The van der Waals surface area contributed by atoms with Gasteiger partial charge in [0, 0.05) is 18.1 Å². The van der Waals surface area contributed by atoms with E-state index in [9.17, 15) is 14.4 Å². The van der Waals surface area contributed by atoms with Gasteiger partial charge in [-0.1, -0.05) is 23.7 Å². The first kappa shape index (κ1) is 16.6. The van der Waals surface area contributed by atoms with Crippen LogP contribution in [0.1, 0.15) is 27.6 Å². The fraction of sp³-hybridized carbons (Fsp3) is 0.211. The fourth-order valence-electron chi connectivity index (χ4n) is 3.25. The Morgan fingerprint density at radius 1 is 0.962 bits per heavy atom. The molecule has 0 spiro atoms. The van der Waals surface area contributed by atoms with Crippen molar-refractivity contribution in [2.45, 2.75) is 13.0 Å². The third-order valence-corrected chi connectivity index (χ3v) is 4.79. The van der Waals surface area contributed by atoms with E-state index >= 15 is 0 Å². The zero-order valence-electron chi connectivity index (χ0n) is 13.9. The number of amides is 3. The molecule has 26 heavy (non-hydrogen) atoms. The Hall–Kier alpha value is -2.86. The molecule has 2 heterocycles. The SMILES string of the molecule is CC1Oc2ccc(Cl)cc2N(CCN2C(=O)c3ccccc3C2=O)C1=O. The first-order valence-corrected chi connectivity index (χ1v) is 8.58. The molecule has 0 saturated carbocycles. The van der Waals surface area contributed by atoms with Crippen LogP contribution in [0.2, 0.25) is 5.02 Å². The van der Waals surface area contributed by atoms with Crippen LogP contribution in [-0.2, 0) is 4.79 Å². The van der Waals surface area contributed by atoms with E-state index < -0.39 is 6.10 Å². The van der Waals surface area contributed by atoms with Crippen LogP contribution in [-0.4, -0.2) is 41.8 Å². The highest BCUT2D eigenvalue weighted by atomic mass is 35.5. The van der Waals surface area contributed by atoms with Gasteiger partial charge in [-0.2, -0.15) is 0 Å². The maximum absolute atomic E-state index is 12.6. The lowest BCUT2D eigenvalue weighted by atomic mass is 10.1. The molecule has 2 aromatic carbocycles. The predicted octanol–water partition coefficient (Wildman–Crippen LogP) is 2.75. The average molecular weight is 371 g/mol. The molecule has 2 aliphatic heterocycles. The maximum atomic E-state index is 12.6. The molecule has 4 rings (SSSR count).